The number of imide groups is 1. The summed E-state index contributed by atoms with van der Waals surface area (Å²) in [5.41, 5.74) is -0.0495. The van der Waals surface area contributed by atoms with E-state index in [9.17, 15) is 14.4 Å². The molecular weight excluding hydrogens is 305 g/mol. The average molecular weight is 316 g/mol. The number of carbonyl (C=O) groups excluding carboxylic acids is 3. The number of likely N-dealkylation sites (N-methyl/N-ethyl adjacent to an activating group) is 1. The SMILES string of the molecule is CN1C(=O)CCC(NC(=O)c2nc(Cl)ccc2Cl)C1=O. The zero-order chi connectivity index (χ0) is 14.9. The molecule has 1 aliphatic rings. The van der Waals surface area contributed by atoms with Crippen LogP contribution in [0.15, 0.2) is 12.1 Å². The van der Waals surface area contributed by atoms with E-state index >= 15 is 0 Å². The van der Waals surface area contributed by atoms with Crippen molar-refractivity contribution >= 4 is 40.9 Å². The van der Waals surface area contributed by atoms with Crippen molar-refractivity contribution in [2.45, 2.75) is 18.9 Å². The van der Waals surface area contributed by atoms with E-state index in [0.717, 1.165) is 4.90 Å². The van der Waals surface area contributed by atoms with Crippen molar-refractivity contribution in [3.63, 3.8) is 0 Å². The predicted molar refractivity (Wildman–Crippen MR) is 72.5 cm³/mol. The lowest BCUT2D eigenvalue weighted by atomic mass is 10.0. The van der Waals surface area contributed by atoms with Crippen molar-refractivity contribution in [3.8, 4) is 0 Å². The molecule has 0 bridgehead atoms. The van der Waals surface area contributed by atoms with Gasteiger partial charge in [0, 0.05) is 13.5 Å². The molecule has 20 heavy (non-hydrogen) atoms. The Hall–Kier alpha value is -1.66. The zero-order valence-electron chi connectivity index (χ0n) is 10.5. The molecule has 106 valence electrons. The smallest absolute Gasteiger partial charge is 0.272 e. The van der Waals surface area contributed by atoms with Gasteiger partial charge < -0.3 is 5.32 Å². The van der Waals surface area contributed by atoms with Crippen molar-refractivity contribution in [2.24, 2.45) is 0 Å². The first-order valence-corrected chi connectivity index (χ1v) is 6.59. The fraction of sp³-hybridized carbons (Fsp3) is 0.333. The van der Waals surface area contributed by atoms with Gasteiger partial charge in [0.15, 0.2) is 0 Å². The highest BCUT2D eigenvalue weighted by Crippen LogP contribution is 2.18. The minimum absolute atomic E-state index is 0.0495. The lowest BCUT2D eigenvalue weighted by Crippen LogP contribution is -2.53. The maximum Gasteiger partial charge on any atom is 0.272 e. The summed E-state index contributed by atoms with van der Waals surface area (Å²) in [7, 11) is 1.38. The van der Waals surface area contributed by atoms with Crippen molar-refractivity contribution in [1.82, 2.24) is 15.2 Å². The summed E-state index contributed by atoms with van der Waals surface area (Å²) in [6.45, 7) is 0. The summed E-state index contributed by atoms with van der Waals surface area (Å²) in [6, 6.07) is 2.14. The standard InChI is InChI=1S/C12H11Cl2N3O3/c1-17-9(18)5-3-7(12(17)20)15-11(19)10-6(13)2-4-8(14)16-10/h2,4,7H,3,5H2,1H3,(H,15,19). The molecule has 0 aliphatic carbocycles. The van der Waals surface area contributed by atoms with Crippen molar-refractivity contribution in [3.05, 3.63) is 28.0 Å². The Bertz CT molecular complexity index is 591. The van der Waals surface area contributed by atoms with Crippen LogP contribution in [-0.2, 0) is 9.59 Å². The fourth-order valence-electron chi connectivity index (χ4n) is 1.85. The van der Waals surface area contributed by atoms with E-state index in [4.69, 9.17) is 23.2 Å². The summed E-state index contributed by atoms with van der Waals surface area (Å²) in [5, 5.41) is 2.78. The van der Waals surface area contributed by atoms with E-state index < -0.39 is 17.9 Å². The van der Waals surface area contributed by atoms with Gasteiger partial charge in [-0.05, 0) is 18.6 Å². The molecule has 3 amide bonds. The van der Waals surface area contributed by atoms with Gasteiger partial charge >= 0.3 is 0 Å². The van der Waals surface area contributed by atoms with Gasteiger partial charge in [0.25, 0.3) is 11.8 Å². The molecule has 0 radical (unpaired) electrons. The van der Waals surface area contributed by atoms with E-state index in [1.54, 1.807) is 0 Å². The first-order valence-electron chi connectivity index (χ1n) is 5.83. The normalized spacial score (nSPS) is 19.1. The van der Waals surface area contributed by atoms with Crippen LogP contribution in [0.3, 0.4) is 0 Å². The number of nitrogens with one attached hydrogen (secondary N) is 1. The number of hydrogen-bond acceptors (Lipinski definition) is 4. The second kappa shape index (κ2) is 5.76. The Morgan fingerprint density at radius 2 is 2.10 bits per heavy atom. The molecule has 1 aromatic rings. The number of rotatable bonds is 2. The number of likely N-dealkylation sites (tertiary alicyclic amines) is 1. The average Bonchev–Trinajstić information content (AvgIpc) is 2.42. The number of aromatic nitrogens is 1. The number of carbonyl (C=O) groups is 3. The molecule has 1 aliphatic heterocycles. The van der Waals surface area contributed by atoms with E-state index in [1.807, 2.05) is 0 Å². The second-order valence-corrected chi connectivity index (χ2v) is 5.11. The molecule has 1 saturated heterocycles. The first-order chi connectivity index (χ1) is 9.40. The van der Waals surface area contributed by atoms with Crippen LogP contribution >= 0.6 is 23.2 Å². The molecule has 0 aromatic carbocycles. The van der Waals surface area contributed by atoms with Crippen LogP contribution in [-0.4, -0.2) is 40.7 Å². The molecule has 1 N–H and O–H groups in total. The van der Waals surface area contributed by atoms with Crippen LogP contribution in [0.4, 0.5) is 0 Å². The molecule has 0 spiro atoms. The third-order valence-corrected chi connectivity index (χ3v) is 3.50. The van der Waals surface area contributed by atoms with Crippen molar-refractivity contribution in [1.29, 1.82) is 0 Å². The monoisotopic (exact) mass is 315 g/mol. The minimum atomic E-state index is -0.762. The molecule has 1 atom stereocenters. The van der Waals surface area contributed by atoms with Crippen molar-refractivity contribution < 1.29 is 14.4 Å². The number of nitrogens with zero attached hydrogens (tertiary/aromatic N) is 2. The molecule has 1 fully saturated rings. The van der Waals surface area contributed by atoms with E-state index in [1.165, 1.54) is 19.2 Å². The Labute approximate surface area is 125 Å². The van der Waals surface area contributed by atoms with Crippen LogP contribution < -0.4 is 5.32 Å². The fourth-order valence-corrected chi connectivity index (χ4v) is 2.19. The Kier molecular flexibility index (Phi) is 4.25. The number of piperidine rings is 1. The van der Waals surface area contributed by atoms with E-state index in [-0.39, 0.29) is 34.6 Å². The Balaban J connectivity index is 2.14. The van der Waals surface area contributed by atoms with E-state index in [2.05, 4.69) is 10.3 Å². The Morgan fingerprint density at radius 3 is 2.80 bits per heavy atom. The van der Waals surface area contributed by atoms with Gasteiger partial charge in [0.1, 0.15) is 16.9 Å². The van der Waals surface area contributed by atoms with Crippen LogP contribution in [0.5, 0.6) is 0 Å². The van der Waals surface area contributed by atoms with Crippen LogP contribution in [0, 0.1) is 0 Å². The second-order valence-electron chi connectivity index (χ2n) is 4.32. The molecular formula is C12H11Cl2N3O3. The molecule has 2 heterocycles. The van der Waals surface area contributed by atoms with Gasteiger partial charge in [-0.25, -0.2) is 4.98 Å². The number of pyridine rings is 1. The van der Waals surface area contributed by atoms with Crippen LogP contribution in [0.25, 0.3) is 0 Å². The summed E-state index contributed by atoms with van der Waals surface area (Å²) in [5.74, 6) is -1.31. The van der Waals surface area contributed by atoms with Crippen LogP contribution in [0.2, 0.25) is 10.2 Å². The highest BCUT2D eigenvalue weighted by Gasteiger charge is 2.33. The molecule has 0 saturated carbocycles. The van der Waals surface area contributed by atoms with Gasteiger partial charge in [-0.3, -0.25) is 19.3 Å². The Morgan fingerprint density at radius 1 is 1.40 bits per heavy atom. The van der Waals surface area contributed by atoms with Gasteiger partial charge in [-0.1, -0.05) is 23.2 Å². The molecule has 1 unspecified atom stereocenters. The summed E-state index contributed by atoms with van der Waals surface area (Å²) in [6.07, 6.45) is 0.454. The largest absolute Gasteiger partial charge is 0.339 e. The molecule has 6 nitrogen and oxygen atoms in total. The van der Waals surface area contributed by atoms with Crippen LogP contribution in [0.1, 0.15) is 23.3 Å². The van der Waals surface area contributed by atoms with Gasteiger partial charge in [-0.2, -0.15) is 0 Å². The lowest BCUT2D eigenvalue weighted by Gasteiger charge is -2.28. The third kappa shape index (κ3) is 2.91. The van der Waals surface area contributed by atoms with Gasteiger partial charge in [0.05, 0.1) is 5.02 Å². The molecule has 2 rings (SSSR count). The maximum atomic E-state index is 12.0. The highest BCUT2D eigenvalue weighted by molar-refractivity contribution is 6.34. The molecule has 8 heteroatoms. The summed E-state index contributed by atoms with van der Waals surface area (Å²) >= 11 is 11.6. The first kappa shape index (κ1) is 14.7. The van der Waals surface area contributed by atoms with E-state index in [0.29, 0.717) is 0 Å². The third-order valence-electron chi connectivity index (χ3n) is 2.98. The van der Waals surface area contributed by atoms with Gasteiger partial charge in [-0.15, -0.1) is 0 Å². The predicted octanol–water partition coefficient (Wildman–Crippen LogP) is 1.27. The topological polar surface area (TPSA) is 79.4 Å². The van der Waals surface area contributed by atoms with Gasteiger partial charge in [0.2, 0.25) is 5.91 Å². The summed E-state index contributed by atoms with van der Waals surface area (Å²) < 4.78 is 0. The minimum Gasteiger partial charge on any atom is -0.339 e. The maximum absolute atomic E-state index is 12.0. The zero-order valence-corrected chi connectivity index (χ0v) is 12.0. The van der Waals surface area contributed by atoms with Crippen molar-refractivity contribution in [2.75, 3.05) is 7.05 Å². The number of amides is 3. The quantitative estimate of drug-likeness (QED) is 0.658. The molecule has 1 aromatic heterocycles. The number of hydrogen-bond donors (Lipinski definition) is 1. The lowest BCUT2D eigenvalue weighted by molar-refractivity contribution is -0.147. The highest BCUT2D eigenvalue weighted by atomic mass is 35.5. The number of halogens is 2. The summed E-state index contributed by atoms with van der Waals surface area (Å²) in [4.78, 5) is 40.1.